The smallest absolute Gasteiger partial charge is 0.126 e. The number of hydrogen-bond donors (Lipinski definition) is 0. The average Bonchev–Trinajstić information content (AvgIpc) is 2.39. The van der Waals surface area contributed by atoms with E-state index in [1.165, 1.54) is 6.07 Å². The lowest BCUT2D eigenvalue weighted by Gasteiger charge is -2.01. The van der Waals surface area contributed by atoms with Crippen molar-refractivity contribution in [3.63, 3.8) is 0 Å². The summed E-state index contributed by atoms with van der Waals surface area (Å²) in [5.41, 5.74) is 3.44. The van der Waals surface area contributed by atoms with Crippen LogP contribution in [0.4, 0.5) is 10.1 Å². The maximum atomic E-state index is 13.0. The van der Waals surface area contributed by atoms with Crippen molar-refractivity contribution in [3.05, 3.63) is 34.8 Å². The van der Waals surface area contributed by atoms with E-state index in [2.05, 4.69) is 5.32 Å². The van der Waals surface area contributed by atoms with Crippen molar-refractivity contribution in [1.29, 1.82) is 0 Å². The number of nitrogens with zero attached hydrogens (tertiary/aromatic N) is 1. The molecule has 1 aromatic rings. The van der Waals surface area contributed by atoms with Crippen LogP contribution in [0.3, 0.4) is 0 Å². The highest BCUT2D eigenvalue weighted by Crippen LogP contribution is 2.30. The summed E-state index contributed by atoms with van der Waals surface area (Å²) in [5.74, 6) is -0.157. The summed E-state index contributed by atoms with van der Waals surface area (Å²) in [5, 5.41) is 4.25. The van der Waals surface area contributed by atoms with Gasteiger partial charge < -0.3 is 0 Å². The molecule has 1 aliphatic heterocycles. The van der Waals surface area contributed by atoms with Crippen LogP contribution in [0.15, 0.2) is 17.8 Å². The van der Waals surface area contributed by atoms with E-state index in [0.717, 1.165) is 16.9 Å². The molecule has 0 N–H and O–H groups in total. The molecule has 0 saturated heterocycles. The van der Waals surface area contributed by atoms with Gasteiger partial charge in [-0.25, -0.2) is 4.39 Å². The summed E-state index contributed by atoms with van der Waals surface area (Å²) in [6.07, 6.45) is 1.91. The minimum Gasteiger partial charge on any atom is -0.253 e. The number of allylic oxidation sites excluding steroid dienone is 1. The highest BCUT2D eigenvalue weighted by Gasteiger charge is 2.14. The van der Waals surface area contributed by atoms with Crippen LogP contribution in [0, 0.1) is 12.7 Å². The molecule has 61 valence electrons. The fourth-order valence-electron chi connectivity index (χ4n) is 1.40. The molecule has 12 heavy (non-hydrogen) atoms. The third-order valence-corrected chi connectivity index (χ3v) is 2.08. The van der Waals surface area contributed by atoms with Gasteiger partial charge in [0.05, 0.1) is 5.69 Å². The third-order valence-electron chi connectivity index (χ3n) is 2.08. The predicted octanol–water partition coefficient (Wildman–Crippen LogP) is 2.74. The van der Waals surface area contributed by atoms with Crippen molar-refractivity contribution in [2.75, 3.05) is 0 Å². The Labute approximate surface area is 70.9 Å². The van der Waals surface area contributed by atoms with E-state index < -0.39 is 0 Å². The van der Waals surface area contributed by atoms with Gasteiger partial charge in [0.25, 0.3) is 0 Å². The first kappa shape index (κ1) is 7.35. The van der Waals surface area contributed by atoms with Crippen molar-refractivity contribution >= 4 is 11.8 Å². The largest absolute Gasteiger partial charge is 0.253 e. The Morgan fingerprint density at radius 2 is 2.00 bits per heavy atom. The topological polar surface area (TPSA) is 14.1 Å². The molecule has 2 heteroatoms. The van der Waals surface area contributed by atoms with Crippen LogP contribution >= 0.6 is 0 Å². The number of fused-ring (bicyclic) bond motifs is 1. The second-order valence-electron chi connectivity index (χ2n) is 3.00. The summed E-state index contributed by atoms with van der Waals surface area (Å²) in [7, 11) is 0. The fraction of sp³-hybridized carbons (Fsp3) is 0.200. The number of rotatable bonds is 0. The van der Waals surface area contributed by atoms with Crippen molar-refractivity contribution in [2.24, 2.45) is 0 Å². The number of halogens is 1. The Kier molecular flexibility index (Phi) is 1.43. The zero-order chi connectivity index (χ0) is 8.72. The lowest BCUT2D eigenvalue weighted by atomic mass is 10.1. The van der Waals surface area contributed by atoms with Crippen molar-refractivity contribution in [1.82, 2.24) is 5.32 Å². The summed E-state index contributed by atoms with van der Waals surface area (Å²) in [4.78, 5) is 0. The highest BCUT2D eigenvalue weighted by atomic mass is 19.1. The third kappa shape index (κ3) is 0.916. The molecule has 1 aromatic carbocycles. The van der Waals surface area contributed by atoms with Gasteiger partial charge in [-0.1, -0.05) is 0 Å². The predicted molar refractivity (Wildman–Crippen MR) is 46.6 cm³/mol. The Morgan fingerprint density at radius 1 is 1.25 bits per heavy atom. The summed E-state index contributed by atoms with van der Waals surface area (Å²) in [6, 6.07) is 3.18. The van der Waals surface area contributed by atoms with Crippen molar-refractivity contribution in [2.45, 2.75) is 13.8 Å². The fourth-order valence-corrected chi connectivity index (χ4v) is 1.40. The normalized spacial score (nSPS) is 13.8. The lowest BCUT2D eigenvalue weighted by Crippen LogP contribution is -1.90. The van der Waals surface area contributed by atoms with Crippen molar-refractivity contribution in [3.8, 4) is 0 Å². The minimum absolute atomic E-state index is 0.157. The Balaban J connectivity index is 2.65. The zero-order valence-corrected chi connectivity index (χ0v) is 7.06. The molecule has 0 atom stereocenters. The SMILES string of the molecule is CC1=Cc2c(ccc(F)c2C)[N]1. The van der Waals surface area contributed by atoms with Gasteiger partial charge in [0.1, 0.15) is 5.82 Å². The molecule has 1 aliphatic rings. The molecular weight excluding hydrogens is 153 g/mol. The molecule has 0 amide bonds. The van der Waals surface area contributed by atoms with Crippen LogP contribution in [-0.4, -0.2) is 0 Å². The standard InChI is InChI=1S/C10H9FN/c1-6-5-8-7(2)9(11)3-4-10(8)12-6/h3-5H,1-2H3. The van der Waals surface area contributed by atoms with E-state index in [-0.39, 0.29) is 5.82 Å². The van der Waals surface area contributed by atoms with E-state index in [4.69, 9.17) is 0 Å². The summed E-state index contributed by atoms with van der Waals surface area (Å²) >= 11 is 0. The Morgan fingerprint density at radius 3 is 2.75 bits per heavy atom. The van der Waals surface area contributed by atoms with Gasteiger partial charge in [-0.2, -0.15) is 0 Å². The molecule has 0 bridgehead atoms. The van der Waals surface area contributed by atoms with Crippen LogP contribution in [-0.2, 0) is 0 Å². The number of benzene rings is 1. The highest BCUT2D eigenvalue weighted by molar-refractivity contribution is 5.73. The molecule has 0 aromatic heterocycles. The first-order valence-corrected chi connectivity index (χ1v) is 3.87. The average molecular weight is 162 g/mol. The molecule has 0 spiro atoms. The van der Waals surface area contributed by atoms with Crippen LogP contribution < -0.4 is 5.32 Å². The van der Waals surface area contributed by atoms with E-state index in [1.807, 2.05) is 13.0 Å². The first-order chi connectivity index (χ1) is 5.68. The Hall–Kier alpha value is -1.31. The Bertz CT molecular complexity index is 366. The number of hydrogen-bond acceptors (Lipinski definition) is 0. The molecule has 0 unspecified atom stereocenters. The second kappa shape index (κ2) is 2.34. The maximum Gasteiger partial charge on any atom is 0.126 e. The van der Waals surface area contributed by atoms with E-state index in [0.29, 0.717) is 5.56 Å². The second-order valence-corrected chi connectivity index (χ2v) is 3.00. The van der Waals surface area contributed by atoms with Crippen LogP contribution in [0.2, 0.25) is 0 Å². The maximum absolute atomic E-state index is 13.0. The van der Waals surface area contributed by atoms with Gasteiger partial charge >= 0.3 is 0 Å². The van der Waals surface area contributed by atoms with Gasteiger partial charge in [-0.15, -0.1) is 0 Å². The molecule has 2 rings (SSSR count). The molecule has 0 saturated carbocycles. The van der Waals surface area contributed by atoms with Crippen LogP contribution in [0.1, 0.15) is 18.1 Å². The van der Waals surface area contributed by atoms with E-state index in [9.17, 15) is 4.39 Å². The molecule has 1 nitrogen and oxygen atoms in total. The first-order valence-electron chi connectivity index (χ1n) is 3.87. The zero-order valence-electron chi connectivity index (χ0n) is 7.06. The molecular formula is C10H9FN. The van der Waals surface area contributed by atoms with Crippen LogP contribution in [0.5, 0.6) is 0 Å². The van der Waals surface area contributed by atoms with Gasteiger partial charge in [-0.3, -0.25) is 5.32 Å². The van der Waals surface area contributed by atoms with Gasteiger partial charge in [-0.05, 0) is 37.6 Å². The van der Waals surface area contributed by atoms with E-state index >= 15 is 0 Å². The summed E-state index contributed by atoms with van der Waals surface area (Å²) in [6.45, 7) is 3.69. The molecule has 0 fully saturated rings. The molecule has 1 radical (unpaired) electrons. The van der Waals surface area contributed by atoms with Gasteiger partial charge in [0, 0.05) is 11.3 Å². The molecule has 0 aliphatic carbocycles. The quantitative estimate of drug-likeness (QED) is 0.557. The van der Waals surface area contributed by atoms with Crippen LogP contribution in [0.25, 0.3) is 6.08 Å². The van der Waals surface area contributed by atoms with E-state index in [1.54, 1.807) is 13.0 Å². The minimum atomic E-state index is -0.157. The van der Waals surface area contributed by atoms with Crippen molar-refractivity contribution < 1.29 is 4.39 Å². The van der Waals surface area contributed by atoms with Gasteiger partial charge in [0.15, 0.2) is 0 Å². The monoisotopic (exact) mass is 162 g/mol. The lowest BCUT2D eigenvalue weighted by molar-refractivity contribution is 0.618. The summed E-state index contributed by atoms with van der Waals surface area (Å²) < 4.78 is 13.0. The molecule has 1 heterocycles. The van der Waals surface area contributed by atoms with Gasteiger partial charge in [0.2, 0.25) is 0 Å².